The predicted molar refractivity (Wildman–Crippen MR) is 49.8 cm³/mol. The number of fused-ring (bicyclic) bond motifs is 1. The minimum Gasteiger partial charge on any atom is -0.366 e. The van der Waals surface area contributed by atoms with Gasteiger partial charge in [0.25, 0.3) is 0 Å². The Bertz CT molecular complexity index is 434. The predicted octanol–water partition coefficient (Wildman–Crippen LogP) is 1.38. The van der Waals surface area contributed by atoms with Crippen molar-refractivity contribution >= 4 is 27.5 Å². The summed E-state index contributed by atoms with van der Waals surface area (Å²) in [5.74, 6) is 0.293. The Balaban J connectivity index is 2.89. The highest BCUT2D eigenvalue weighted by molar-refractivity contribution is 9.10. The van der Waals surface area contributed by atoms with Gasteiger partial charge < -0.3 is 5.73 Å². The average molecular weight is 227 g/mol. The first-order valence-electron chi connectivity index (χ1n) is 3.46. The monoisotopic (exact) mass is 226 g/mol. The van der Waals surface area contributed by atoms with Crippen molar-refractivity contribution < 1.29 is 0 Å². The Morgan fingerprint density at radius 3 is 3.00 bits per heavy atom. The van der Waals surface area contributed by atoms with Crippen molar-refractivity contribution in [2.45, 2.75) is 6.92 Å². The summed E-state index contributed by atoms with van der Waals surface area (Å²) in [6.07, 6.45) is 0. The van der Waals surface area contributed by atoms with E-state index < -0.39 is 0 Å². The zero-order valence-corrected chi connectivity index (χ0v) is 8.04. The van der Waals surface area contributed by atoms with Crippen LogP contribution in [0.5, 0.6) is 0 Å². The second kappa shape index (κ2) is 2.45. The van der Waals surface area contributed by atoms with Gasteiger partial charge in [0.1, 0.15) is 4.60 Å². The molecule has 5 heteroatoms. The van der Waals surface area contributed by atoms with Crippen molar-refractivity contribution in [3.63, 3.8) is 0 Å². The highest BCUT2D eigenvalue weighted by atomic mass is 79.9. The summed E-state index contributed by atoms with van der Waals surface area (Å²) in [6, 6.07) is 3.84. The topological polar surface area (TPSA) is 56.2 Å². The fraction of sp³-hybridized carbons (Fsp3) is 0.143. The van der Waals surface area contributed by atoms with Crippen molar-refractivity contribution in [1.29, 1.82) is 0 Å². The molecule has 0 spiro atoms. The lowest BCUT2D eigenvalue weighted by molar-refractivity contribution is 0.930. The van der Waals surface area contributed by atoms with Crippen LogP contribution in [-0.2, 0) is 0 Å². The van der Waals surface area contributed by atoms with E-state index in [0.29, 0.717) is 5.95 Å². The molecule has 0 atom stereocenters. The molecule has 0 aliphatic heterocycles. The van der Waals surface area contributed by atoms with Crippen LogP contribution in [0.15, 0.2) is 16.7 Å². The molecule has 0 aliphatic rings. The van der Waals surface area contributed by atoms with Gasteiger partial charge in [0, 0.05) is 0 Å². The van der Waals surface area contributed by atoms with Crippen LogP contribution in [0.25, 0.3) is 5.65 Å². The van der Waals surface area contributed by atoms with Gasteiger partial charge >= 0.3 is 0 Å². The summed E-state index contributed by atoms with van der Waals surface area (Å²) in [4.78, 5) is 4.01. The maximum Gasteiger partial charge on any atom is 0.240 e. The van der Waals surface area contributed by atoms with Crippen LogP contribution in [0.2, 0.25) is 0 Å². The molecule has 0 aliphatic carbocycles. The molecule has 2 heterocycles. The first-order valence-corrected chi connectivity index (χ1v) is 4.25. The summed E-state index contributed by atoms with van der Waals surface area (Å²) in [7, 11) is 0. The molecule has 0 aromatic carbocycles. The van der Waals surface area contributed by atoms with E-state index >= 15 is 0 Å². The van der Waals surface area contributed by atoms with Gasteiger partial charge in [-0.3, -0.25) is 0 Å². The van der Waals surface area contributed by atoms with Gasteiger partial charge in [-0.15, -0.1) is 5.10 Å². The first kappa shape index (κ1) is 7.54. The molecule has 0 bridgehead atoms. The largest absolute Gasteiger partial charge is 0.366 e. The third kappa shape index (κ3) is 0.972. The zero-order chi connectivity index (χ0) is 8.72. The van der Waals surface area contributed by atoms with Crippen LogP contribution < -0.4 is 5.73 Å². The van der Waals surface area contributed by atoms with E-state index in [4.69, 9.17) is 5.73 Å². The second-order valence-corrected chi connectivity index (χ2v) is 3.30. The Hall–Kier alpha value is -1.10. The van der Waals surface area contributed by atoms with Crippen LogP contribution in [0.3, 0.4) is 0 Å². The van der Waals surface area contributed by atoms with E-state index in [1.54, 1.807) is 4.52 Å². The quantitative estimate of drug-likeness (QED) is 0.691. The number of nitrogens with two attached hydrogens (primary N) is 1. The number of nitrogens with zero attached hydrogens (tertiary/aromatic N) is 3. The van der Waals surface area contributed by atoms with E-state index in [2.05, 4.69) is 26.0 Å². The molecule has 0 fully saturated rings. The molecular formula is C7H7BrN4. The number of hydrogen-bond acceptors (Lipinski definition) is 3. The minimum absolute atomic E-state index is 0.293. The number of hydrogen-bond donors (Lipinski definition) is 1. The maximum absolute atomic E-state index is 5.45. The number of anilines is 1. The lowest BCUT2D eigenvalue weighted by atomic mass is 10.3. The molecule has 0 amide bonds. The second-order valence-electron chi connectivity index (χ2n) is 2.55. The van der Waals surface area contributed by atoms with E-state index in [-0.39, 0.29) is 0 Å². The maximum atomic E-state index is 5.45. The van der Waals surface area contributed by atoms with E-state index in [0.717, 1.165) is 15.8 Å². The van der Waals surface area contributed by atoms with Crippen LogP contribution in [-0.4, -0.2) is 14.6 Å². The normalized spacial score (nSPS) is 10.8. The van der Waals surface area contributed by atoms with Crippen molar-refractivity contribution in [3.8, 4) is 0 Å². The van der Waals surface area contributed by atoms with Gasteiger partial charge in [0.05, 0.1) is 0 Å². The van der Waals surface area contributed by atoms with Gasteiger partial charge in [-0.2, -0.15) is 4.98 Å². The van der Waals surface area contributed by atoms with E-state index in [1.165, 1.54) is 0 Å². The van der Waals surface area contributed by atoms with Crippen LogP contribution in [0.1, 0.15) is 5.56 Å². The van der Waals surface area contributed by atoms with Crippen LogP contribution >= 0.6 is 15.9 Å². The fourth-order valence-corrected chi connectivity index (χ4v) is 1.42. The number of aryl methyl sites for hydroxylation is 1. The van der Waals surface area contributed by atoms with Gasteiger partial charge in [-0.25, -0.2) is 4.52 Å². The number of nitrogen functional groups attached to an aromatic ring is 1. The fourth-order valence-electron chi connectivity index (χ4n) is 1.03. The highest BCUT2D eigenvalue weighted by Crippen LogP contribution is 2.17. The molecule has 2 aromatic heterocycles. The molecule has 2 aromatic rings. The molecule has 4 nitrogen and oxygen atoms in total. The smallest absolute Gasteiger partial charge is 0.240 e. The van der Waals surface area contributed by atoms with Gasteiger partial charge in [-0.05, 0) is 34.5 Å². The van der Waals surface area contributed by atoms with Gasteiger partial charge in [0.15, 0.2) is 5.65 Å². The molecule has 2 rings (SSSR count). The van der Waals surface area contributed by atoms with E-state index in [1.807, 2.05) is 19.1 Å². The van der Waals surface area contributed by atoms with Gasteiger partial charge in [-0.1, -0.05) is 6.07 Å². The third-order valence-electron chi connectivity index (χ3n) is 1.64. The van der Waals surface area contributed by atoms with Crippen molar-refractivity contribution in [1.82, 2.24) is 14.6 Å². The van der Waals surface area contributed by atoms with Crippen molar-refractivity contribution in [2.75, 3.05) is 5.73 Å². The summed E-state index contributed by atoms with van der Waals surface area (Å²) in [5.41, 5.74) is 7.30. The SMILES string of the molecule is Cc1ccc2nc(N)nn2c1Br. The summed E-state index contributed by atoms with van der Waals surface area (Å²) < 4.78 is 2.56. The summed E-state index contributed by atoms with van der Waals surface area (Å²) >= 11 is 3.40. The van der Waals surface area contributed by atoms with Crippen molar-refractivity contribution in [3.05, 3.63) is 22.3 Å². The van der Waals surface area contributed by atoms with Gasteiger partial charge in [0.2, 0.25) is 5.95 Å². The lowest BCUT2D eigenvalue weighted by Gasteiger charge is -1.98. The zero-order valence-electron chi connectivity index (χ0n) is 6.45. The number of aromatic nitrogens is 3. The minimum atomic E-state index is 0.293. The molecule has 2 N–H and O–H groups in total. The number of rotatable bonds is 0. The Morgan fingerprint density at radius 1 is 1.50 bits per heavy atom. The third-order valence-corrected chi connectivity index (χ3v) is 2.60. The Kier molecular flexibility index (Phi) is 1.54. The van der Waals surface area contributed by atoms with E-state index in [9.17, 15) is 0 Å². The van der Waals surface area contributed by atoms with Crippen LogP contribution in [0, 0.1) is 6.92 Å². The van der Waals surface area contributed by atoms with Crippen LogP contribution in [0.4, 0.5) is 5.95 Å². The lowest BCUT2D eigenvalue weighted by Crippen LogP contribution is -1.93. The summed E-state index contributed by atoms with van der Waals surface area (Å²) in [5, 5.41) is 4.01. The highest BCUT2D eigenvalue weighted by Gasteiger charge is 2.04. The number of halogens is 1. The Morgan fingerprint density at radius 2 is 2.25 bits per heavy atom. The Labute approximate surface area is 77.5 Å². The van der Waals surface area contributed by atoms with Crippen molar-refractivity contribution in [2.24, 2.45) is 0 Å². The molecule has 0 unspecified atom stereocenters. The molecular weight excluding hydrogens is 220 g/mol. The first-order chi connectivity index (χ1) is 5.68. The molecule has 0 saturated heterocycles. The molecule has 12 heavy (non-hydrogen) atoms. The standard InChI is InChI=1S/C7H7BrN4/c1-4-2-3-5-10-7(9)11-12(5)6(4)8/h2-3H,1H3,(H2,9,11). The molecule has 62 valence electrons. The molecule has 0 radical (unpaired) electrons. The average Bonchev–Trinajstić information content (AvgIpc) is 2.39. The summed E-state index contributed by atoms with van der Waals surface area (Å²) in [6.45, 7) is 1.99. The molecule has 0 saturated carbocycles. The number of pyridine rings is 1.